The Labute approximate surface area is 89.4 Å². The molecule has 0 fully saturated rings. The lowest BCUT2D eigenvalue weighted by Gasteiger charge is -2.05. The molecule has 0 bridgehead atoms. The first kappa shape index (κ1) is 11.1. The zero-order valence-corrected chi connectivity index (χ0v) is 8.70. The van der Waals surface area contributed by atoms with Gasteiger partial charge in [-0.05, 0) is 38.1 Å². The molecular weight excluding hydrogens is 188 g/mol. The number of hydrogen-bond donors (Lipinski definition) is 2. The van der Waals surface area contributed by atoms with Crippen molar-refractivity contribution in [2.75, 3.05) is 5.32 Å². The molecule has 0 aromatic heterocycles. The van der Waals surface area contributed by atoms with Crippen LogP contribution in [-0.4, -0.2) is 10.7 Å². The van der Waals surface area contributed by atoms with Crippen molar-refractivity contribution in [3.8, 4) is 18.0 Å². The van der Waals surface area contributed by atoms with E-state index in [0.717, 1.165) is 11.3 Å². The third-order valence-corrected chi connectivity index (χ3v) is 1.60. The Morgan fingerprint density at radius 1 is 1.27 bits per heavy atom. The standard InChI is InChI=1S/C12H12N2O/c1-12(2,15)8-7-10-3-5-11(6-4-10)14-9-13/h3-6,14-15H,1-2H3. The van der Waals surface area contributed by atoms with Crippen LogP contribution in [0.1, 0.15) is 19.4 Å². The van der Waals surface area contributed by atoms with E-state index in [-0.39, 0.29) is 0 Å². The van der Waals surface area contributed by atoms with Gasteiger partial charge >= 0.3 is 0 Å². The number of nitrogens with zero attached hydrogens (tertiary/aromatic N) is 1. The van der Waals surface area contributed by atoms with Crippen molar-refractivity contribution in [1.29, 1.82) is 5.26 Å². The van der Waals surface area contributed by atoms with Crippen LogP contribution >= 0.6 is 0 Å². The summed E-state index contributed by atoms with van der Waals surface area (Å²) in [6.07, 6.45) is 1.83. The molecule has 0 heterocycles. The summed E-state index contributed by atoms with van der Waals surface area (Å²) >= 11 is 0. The number of nitrogens with one attached hydrogen (secondary N) is 1. The van der Waals surface area contributed by atoms with Crippen molar-refractivity contribution in [2.45, 2.75) is 19.4 Å². The van der Waals surface area contributed by atoms with Gasteiger partial charge in [-0.1, -0.05) is 11.8 Å². The molecule has 0 saturated carbocycles. The van der Waals surface area contributed by atoms with Crippen LogP contribution in [0.3, 0.4) is 0 Å². The fraction of sp³-hybridized carbons (Fsp3) is 0.250. The molecule has 2 N–H and O–H groups in total. The van der Waals surface area contributed by atoms with E-state index in [1.165, 1.54) is 0 Å². The lowest BCUT2D eigenvalue weighted by Crippen LogP contribution is -2.14. The summed E-state index contributed by atoms with van der Waals surface area (Å²) < 4.78 is 0. The molecule has 3 heteroatoms. The molecule has 3 nitrogen and oxygen atoms in total. The van der Waals surface area contributed by atoms with Crippen molar-refractivity contribution in [3.05, 3.63) is 29.8 Å². The second kappa shape index (κ2) is 4.50. The smallest absolute Gasteiger partial charge is 0.181 e. The first-order valence-corrected chi connectivity index (χ1v) is 4.52. The predicted molar refractivity (Wildman–Crippen MR) is 58.9 cm³/mol. The van der Waals surface area contributed by atoms with E-state index in [0.29, 0.717) is 0 Å². The van der Waals surface area contributed by atoms with Crippen LogP contribution in [0, 0.1) is 23.3 Å². The van der Waals surface area contributed by atoms with Crippen LogP contribution in [0.15, 0.2) is 24.3 Å². The third kappa shape index (κ3) is 4.17. The number of hydrogen-bond acceptors (Lipinski definition) is 3. The number of aliphatic hydroxyl groups is 1. The highest BCUT2D eigenvalue weighted by atomic mass is 16.3. The van der Waals surface area contributed by atoms with Crippen LogP contribution in [0.5, 0.6) is 0 Å². The molecule has 0 aliphatic carbocycles. The summed E-state index contributed by atoms with van der Waals surface area (Å²) in [7, 11) is 0. The largest absolute Gasteiger partial charge is 0.378 e. The molecule has 1 rings (SSSR count). The van der Waals surface area contributed by atoms with Crippen LogP contribution in [0.4, 0.5) is 5.69 Å². The van der Waals surface area contributed by atoms with Gasteiger partial charge in [-0.3, -0.25) is 5.32 Å². The van der Waals surface area contributed by atoms with Gasteiger partial charge in [0.25, 0.3) is 0 Å². The van der Waals surface area contributed by atoms with Gasteiger partial charge < -0.3 is 5.11 Å². The highest BCUT2D eigenvalue weighted by Crippen LogP contribution is 2.08. The molecule has 0 radical (unpaired) electrons. The molecule has 0 atom stereocenters. The molecule has 0 amide bonds. The summed E-state index contributed by atoms with van der Waals surface area (Å²) in [5.41, 5.74) is 0.552. The maximum Gasteiger partial charge on any atom is 0.181 e. The average molecular weight is 200 g/mol. The molecule has 0 unspecified atom stereocenters. The summed E-state index contributed by atoms with van der Waals surface area (Å²) in [6.45, 7) is 3.26. The Balaban J connectivity index is 2.81. The molecule has 0 aliphatic rings. The fourth-order valence-electron chi connectivity index (χ4n) is 0.927. The topological polar surface area (TPSA) is 56.0 Å². The highest BCUT2D eigenvalue weighted by molar-refractivity contribution is 5.50. The summed E-state index contributed by atoms with van der Waals surface area (Å²) in [5, 5.41) is 20.3. The molecule has 1 aromatic carbocycles. The number of anilines is 1. The normalized spacial score (nSPS) is 9.73. The minimum absolute atomic E-state index is 0.728. The van der Waals surface area contributed by atoms with Gasteiger partial charge in [-0.25, -0.2) is 0 Å². The second-order valence-electron chi connectivity index (χ2n) is 3.62. The zero-order valence-electron chi connectivity index (χ0n) is 8.70. The van der Waals surface area contributed by atoms with Crippen molar-refractivity contribution >= 4 is 5.69 Å². The average Bonchev–Trinajstić information content (AvgIpc) is 2.16. The molecular formula is C12H12N2O. The molecule has 0 saturated heterocycles. The lowest BCUT2D eigenvalue weighted by molar-refractivity contribution is 0.143. The van der Waals surface area contributed by atoms with E-state index in [1.807, 2.05) is 6.19 Å². The third-order valence-electron chi connectivity index (χ3n) is 1.60. The maximum absolute atomic E-state index is 9.39. The van der Waals surface area contributed by atoms with Gasteiger partial charge in [0.05, 0.1) is 0 Å². The van der Waals surface area contributed by atoms with E-state index >= 15 is 0 Å². The summed E-state index contributed by atoms with van der Waals surface area (Å²) in [6, 6.07) is 7.10. The fourth-order valence-corrected chi connectivity index (χ4v) is 0.927. The van der Waals surface area contributed by atoms with Gasteiger partial charge in [0.15, 0.2) is 6.19 Å². The van der Waals surface area contributed by atoms with Crippen LogP contribution in [0.25, 0.3) is 0 Å². The van der Waals surface area contributed by atoms with Crippen molar-refractivity contribution in [3.63, 3.8) is 0 Å². The minimum Gasteiger partial charge on any atom is -0.378 e. The van der Waals surface area contributed by atoms with Gasteiger partial charge in [0.2, 0.25) is 0 Å². The Bertz CT molecular complexity index is 424. The van der Waals surface area contributed by atoms with Gasteiger partial charge in [0, 0.05) is 11.3 Å². The van der Waals surface area contributed by atoms with Gasteiger partial charge in [0.1, 0.15) is 5.60 Å². The van der Waals surface area contributed by atoms with Crippen molar-refractivity contribution < 1.29 is 5.11 Å². The monoisotopic (exact) mass is 200 g/mol. The lowest BCUT2D eigenvalue weighted by atomic mass is 10.1. The number of benzene rings is 1. The Hall–Kier alpha value is -1.97. The summed E-state index contributed by atoms with van der Waals surface area (Å²) in [4.78, 5) is 0. The van der Waals surface area contributed by atoms with Gasteiger partial charge in [-0.2, -0.15) is 5.26 Å². The van der Waals surface area contributed by atoms with E-state index in [4.69, 9.17) is 5.26 Å². The van der Waals surface area contributed by atoms with Crippen LogP contribution in [-0.2, 0) is 0 Å². The van der Waals surface area contributed by atoms with E-state index < -0.39 is 5.60 Å². The molecule has 0 spiro atoms. The quantitative estimate of drug-likeness (QED) is 0.412. The highest BCUT2D eigenvalue weighted by Gasteiger charge is 2.05. The summed E-state index contributed by atoms with van der Waals surface area (Å²) in [5.74, 6) is 5.55. The SMILES string of the molecule is CC(C)(O)C#Cc1ccc(NC#N)cc1. The number of rotatable bonds is 1. The van der Waals surface area contributed by atoms with Gasteiger partial charge in [-0.15, -0.1) is 0 Å². The second-order valence-corrected chi connectivity index (χ2v) is 3.62. The molecule has 76 valence electrons. The Morgan fingerprint density at radius 2 is 1.87 bits per heavy atom. The van der Waals surface area contributed by atoms with Crippen molar-refractivity contribution in [2.24, 2.45) is 0 Å². The Morgan fingerprint density at radius 3 is 2.33 bits per heavy atom. The molecule has 0 aliphatic heterocycles. The minimum atomic E-state index is -0.983. The molecule has 1 aromatic rings. The van der Waals surface area contributed by atoms with Crippen LogP contribution in [0.2, 0.25) is 0 Å². The Kier molecular flexibility index (Phi) is 3.33. The zero-order chi connectivity index (χ0) is 11.3. The van der Waals surface area contributed by atoms with E-state index in [2.05, 4.69) is 17.2 Å². The van der Waals surface area contributed by atoms with E-state index in [9.17, 15) is 5.11 Å². The molecule has 15 heavy (non-hydrogen) atoms. The first-order valence-electron chi connectivity index (χ1n) is 4.52. The number of nitriles is 1. The van der Waals surface area contributed by atoms with Crippen molar-refractivity contribution in [1.82, 2.24) is 0 Å². The van der Waals surface area contributed by atoms with Crippen LogP contribution < -0.4 is 5.32 Å². The predicted octanol–water partition coefficient (Wildman–Crippen LogP) is 1.70. The maximum atomic E-state index is 9.39. The van der Waals surface area contributed by atoms with E-state index in [1.54, 1.807) is 38.1 Å². The first-order chi connectivity index (χ1) is 7.01.